The van der Waals surface area contributed by atoms with E-state index in [4.69, 9.17) is 15.6 Å². The van der Waals surface area contributed by atoms with Crippen molar-refractivity contribution in [3.05, 3.63) is 29.3 Å². The fourth-order valence-corrected chi connectivity index (χ4v) is 2.98. The molecule has 28 heavy (non-hydrogen) atoms. The molecule has 150 valence electrons. The first-order valence-electron chi connectivity index (χ1n) is 8.96. The molecular weight excluding hydrogens is 368 g/mol. The van der Waals surface area contributed by atoms with Crippen LogP contribution >= 0.6 is 0 Å². The third kappa shape index (κ3) is 4.93. The maximum absolute atomic E-state index is 12.8. The SMILES string of the molecule is NC(=O)CCC(C=O)N1C(=O)c2cccc(OCCCCCC(=O)O)c2C1=O. The van der Waals surface area contributed by atoms with Gasteiger partial charge in [0.15, 0.2) is 0 Å². The van der Waals surface area contributed by atoms with E-state index in [9.17, 15) is 24.0 Å². The molecule has 0 saturated heterocycles. The first kappa shape index (κ1) is 21.1. The van der Waals surface area contributed by atoms with E-state index in [1.807, 2.05) is 0 Å². The van der Waals surface area contributed by atoms with E-state index in [-0.39, 0.29) is 42.7 Å². The topological polar surface area (TPSA) is 144 Å². The first-order valence-corrected chi connectivity index (χ1v) is 8.96. The molecule has 1 aromatic rings. The van der Waals surface area contributed by atoms with Gasteiger partial charge in [-0.2, -0.15) is 0 Å². The van der Waals surface area contributed by atoms with Crippen LogP contribution in [0.1, 0.15) is 59.2 Å². The fraction of sp³-hybridized carbons (Fsp3) is 0.421. The lowest BCUT2D eigenvalue weighted by Crippen LogP contribution is -2.41. The van der Waals surface area contributed by atoms with E-state index in [0.29, 0.717) is 25.5 Å². The molecule has 2 rings (SSSR count). The number of ether oxygens (including phenoxy) is 1. The average molecular weight is 390 g/mol. The maximum Gasteiger partial charge on any atom is 0.303 e. The molecule has 3 N–H and O–H groups in total. The lowest BCUT2D eigenvalue weighted by molar-refractivity contribution is -0.137. The van der Waals surface area contributed by atoms with Crippen LogP contribution < -0.4 is 10.5 Å². The van der Waals surface area contributed by atoms with Crippen LogP contribution in [0.4, 0.5) is 0 Å². The number of benzene rings is 1. The molecule has 0 fully saturated rings. The molecule has 0 bridgehead atoms. The summed E-state index contributed by atoms with van der Waals surface area (Å²) in [6, 6.07) is 3.53. The van der Waals surface area contributed by atoms with Gasteiger partial charge in [0.25, 0.3) is 11.8 Å². The summed E-state index contributed by atoms with van der Waals surface area (Å²) in [5.41, 5.74) is 5.31. The Morgan fingerprint density at radius 3 is 2.54 bits per heavy atom. The normalized spacial score (nSPS) is 13.9. The van der Waals surface area contributed by atoms with Gasteiger partial charge < -0.3 is 20.4 Å². The molecule has 0 saturated carbocycles. The molecular formula is C19H22N2O7. The largest absolute Gasteiger partial charge is 0.493 e. The number of hydrogen-bond acceptors (Lipinski definition) is 6. The minimum atomic E-state index is -1.08. The highest BCUT2D eigenvalue weighted by atomic mass is 16.5. The second-order valence-corrected chi connectivity index (χ2v) is 6.42. The summed E-state index contributed by atoms with van der Waals surface area (Å²) in [7, 11) is 0. The Morgan fingerprint density at radius 1 is 1.14 bits per heavy atom. The lowest BCUT2D eigenvalue weighted by atomic mass is 10.1. The van der Waals surface area contributed by atoms with Gasteiger partial charge in [-0.05, 0) is 37.8 Å². The number of aldehydes is 1. The maximum atomic E-state index is 12.8. The fourth-order valence-electron chi connectivity index (χ4n) is 2.98. The number of carboxylic acids is 1. The van der Waals surface area contributed by atoms with Crippen molar-refractivity contribution in [2.45, 2.75) is 44.6 Å². The number of imide groups is 1. The number of carbonyl (C=O) groups is 5. The first-order chi connectivity index (χ1) is 13.4. The number of nitrogens with zero attached hydrogens (tertiary/aromatic N) is 1. The zero-order chi connectivity index (χ0) is 20.7. The summed E-state index contributed by atoms with van der Waals surface area (Å²) in [4.78, 5) is 59.0. The summed E-state index contributed by atoms with van der Waals surface area (Å²) >= 11 is 0. The van der Waals surface area contributed by atoms with Crippen molar-refractivity contribution in [3.8, 4) is 5.75 Å². The molecule has 1 unspecified atom stereocenters. The summed E-state index contributed by atoms with van der Waals surface area (Å²) in [5.74, 6) is -2.52. The molecule has 9 nitrogen and oxygen atoms in total. The van der Waals surface area contributed by atoms with Crippen molar-refractivity contribution < 1.29 is 33.8 Å². The number of aliphatic carboxylic acids is 1. The Bertz CT molecular complexity index is 790. The van der Waals surface area contributed by atoms with E-state index in [2.05, 4.69) is 0 Å². The van der Waals surface area contributed by atoms with Crippen LogP contribution in [0.15, 0.2) is 18.2 Å². The zero-order valence-electron chi connectivity index (χ0n) is 15.3. The average Bonchev–Trinajstić information content (AvgIpc) is 2.90. The molecule has 0 radical (unpaired) electrons. The van der Waals surface area contributed by atoms with Crippen LogP contribution in [-0.2, 0) is 14.4 Å². The van der Waals surface area contributed by atoms with Crippen LogP contribution in [0.25, 0.3) is 0 Å². The highest BCUT2D eigenvalue weighted by molar-refractivity contribution is 6.23. The zero-order valence-corrected chi connectivity index (χ0v) is 15.3. The van der Waals surface area contributed by atoms with Gasteiger partial charge in [0.1, 0.15) is 12.0 Å². The lowest BCUT2D eigenvalue weighted by Gasteiger charge is -2.20. The predicted molar refractivity (Wildman–Crippen MR) is 96.8 cm³/mol. The Kier molecular flexibility index (Phi) is 7.25. The quantitative estimate of drug-likeness (QED) is 0.309. The van der Waals surface area contributed by atoms with Crippen LogP contribution in [0.3, 0.4) is 0 Å². The molecule has 1 aliphatic rings. The number of amides is 3. The minimum absolute atomic E-state index is 0.0376. The van der Waals surface area contributed by atoms with Gasteiger partial charge >= 0.3 is 5.97 Å². The van der Waals surface area contributed by atoms with Gasteiger partial charge in [0, 0.05) is 12.8 Å². The van der Waals surface area contributed by atoms with Crippen molar-refractivity contribution in [1.29, 1.82) is 0 Å². The second-order valence-electron chi connectivity index (χ2n) is 6.42. The molecule has 3 amide bonds. The van der Waals surface area contributed by atoms with Gasteiger partial charge in [-0.3, -0.25) is 24.1 Å². The molecule has 1 aliphatic heterocycles. The number of hydrogen-bond donors (Lipinski definition) is 2. The van der Waals surface area contributed by atoms with Crippen LogP contribution in [0.5, 0.6) is 5.75 Å². The second kappa shape index (κ2) is 9.63. The Hall–Kier alpha value is -3.23. The van der Waals surface area contributed by atoms with Crippen LogP contribution in [-0.4, -0.2) is 52.6 Å². The van der Waals surface area contributed by atoms with Crippen molar-refractivity contribution in [3.63, 3.8) is 0 Å². The summed E-state index contributed by atoms with van der Waals surface area (Å²) < 4.78 is 5.62. The molecule has 0 aliphatic carbocycles. The summed E-state index contributed by atoms with van der Waals surface area (Å²) in [5, 5.41) is 8.61. The summed E-state index contributed by atoms with van der Waals surface area (Å²) in [6.45, 7) is 0.260. The number of carbonyl (C=O) groups excluding carboxylic acids is 4. The van der Waals surface area contributed by atoms with E-state index in [1.165, 1.54) is 6.07 Å². The van der Waals surface area contributed by atoms with Crippen molar-refractivity contribution >= 4 is 30.0 Å². The molecule has 1 heterocycles. The molecule has 9 heteroatoms. The third-order valence-corrected chi connectivity index (χ3v) is 4.38. The number of nitrogens with two attached hydrogens (primary N) is 1. The number of carboxylic acid groups (broad SMARTS) is 1. The Balaban J connectivity index is 2.07. The van der Waals surface area contributed by atoms with Gasteiger partial charge in [0.05, 0.1) is 23.8 Å². The number of rotatable bonds is 12. The number of fused-ring (bicyclic) bond motifs is 1. The molecule has 1 aromatic carbocycles. The van der Waals surface area contributed by atoms with Crippen LogP contribution in [0.2, 0.25) is 0 Å². The number of primary amides is 1. The van der Waals surface area contributed by atoms with Crippen LogP contribution in [0, 0.1) is 0 Å². The third-order valence-electron chi connectivity index (χ3n) is 4.38. The van der Waals surface area contributed by atoms with Crippen molar-refractivity contribution in [1.82, 2.24) is 4.90 Å². The van der Waals surface area contributed by atoms with Gasteiger partial charge in [-0.1, -0.05) is 6.07 Å². The predicted octanol–water partition coefficient (Wildman–Crippen LogP) is 1.14. The van der Waals surface area contributed by atoms with Gasteiger partial charge in [-0.15, -0.1) is 0 Å². The molecule has 1 atom stereocenters. The van der Waals surface area contributed by atoms with Gasteiger partial charge in [-0.25, -0.2) is 0 Å². The van der Waals surface area contributed by atoms with E-state index in [0.717, 1.165) is 4.90 Å². The van der Waals surface area contributed by atoms with Gasteiger partial charge in [0.2, 0.25) is 5.91 Å². The van der Waals surface area contributed by atoms with Crippen molar-refractivity contribution in [2.24, 2.45) is 5.73 Å². The Labute approximate surface area is 161 Å². The molecule has 0 spiro atoms. The molecule has 0 aromatic heterocycles. The Morgan fingerprint density at radius 2 is 1.89 bits per heavy atom. The minimum Gasteiger partial charge on any atom is -0.493 e. The number of unbranched alkanes of at least 4 members (excludes halogenated alkanes) is 2. The highest BCUT2D eigenvalue weighted by Gasteiger charge is 2.41. The van der Waals surface area contributed by atoms with E-state index < -0.39 is 29.7 Å². The smallest absolute Gasteiger partial charge is 0.303 e. The monoisotopic (exact) mass is 390 g/mol. The van der Waals surface area contributed by atoms with E-state index >= 15 is 0 Å². The van der Waals surface area contributed by atoms with E-state index in [1.54, 1.807) is 12.1 Å². The summed E-state index contributed by atoms with van der Waals surface area (Å²) in [6.07, 6.45) is 2.14. The van der Waals surface area contributed by atoms with Crippen molar-refractivity contribution in [2.75, 3.05) is 6.61 Å². The standard InChI is InChI=1S/C19H22N2O7/c20-15(23)9-8-12(11-22)21-18(26)13-5-4-6-14(17(13)19(21)27)28-10-3-1-2-7-16(24)25/h4-6,11-12H,1-3,7-10H2,(H2,20,23)(H,24,25). The highest BCUT2D eigenvalue weighted by Crippen LogP contribution is 2.32.